The fourth-order valence-corrected chi connectivity index (χ4v) is 8.33. The summed E-state index contributed by atoms with van der Waals surface area (Å²) in [5.41, 5.74) is 13.0. The fourth-order valence-electron chi connectivity index (χ4n) is 6.06. The largest absolute Gasteiger partial charge is 0.477 e. The second kappa shape index (κ2) is 13.0. The molecule has 5 heterocycles. The number of anilines is 2. The van der Waals surface area contributed by atoms with Crippen LogP contribution in [0.4, 0.5) is 15.3 Å². The van der Waals surface area contributed by atoms with Crippen molar-refractivity contribution in [1.82, 2.24) is 19.9 Å². The first-order valence-electron chi connectivity index (χ1n) is 15.2. The molecule has 3 aromatic rings. The maximum absolute atomic E-state index is 15.1. The van der Waals surface area contributed by atoms with Crippen LogP contribution in [0.1, 0.15) is 29.7 Å². The smallest absolute Gasteiger partial charge is 0.352 e. The molecule has 6 N–H and O–H groups in total. The van der Waals surface area contributed by atoms with E-state index >= 15 is 4.39 Å². The van der Waals surface area contributed by atoms with Gasteiger partial charge in [0.05, 0.1) is 18.7 Å². The van der Waals surface area contributed by atoms with E-state index in [1.165, 1.54) is 29.8 Å². The van der Waals surface area contributed by atoms with E-state index in [1.54, 1.807) is 12.1 Å². The van der Waals surface area contributed by atoms with Gasteiger partial charge < -0.3 is 31.6 Å². The number of carboxylic acids is 1. The number of amides is 2. The third kappa shape index (κ3) is 6.19. The van der Waals surface area contributed by atoms with E-state index in [-0.39, 0.29) is 45.0 Å². The number of oxime groups is 1. The Morgan fingerprint density at radius 1 is 1.29 bits per heavy atom. The second-order valence-corrected chi connectivity index (χ2v) is 14.5. The molecule has 2 atom stereocenters. The maximum Gasteiger partial charge on any atom is 0.352 e. The highest BCUT2D eigenvalue weighted by Crippen LogP contribution is 2.41. The number of nitrogens with zero attached hydrogens (tertiary/aromatic N) is 7. The van der Waals surface area contributed by atoms with Crippen LogP contribution >= 0.6 is 34.7 Å². The van der Waals surface area contributed by atoms with Gasteiger partial charge in [0.25, 0.3) is 11.8 Å². The minimum absolute atomic E-state index is 0.00881. The van der Waals surface area contributed by atoms with E-state index < -0.39 is 29.2 Å². The van der Waals surface area contributed by atoms with Crippen LogP contribution < -0.4 is 26.4 Å². The third-order valence-electron chi connectivity index (χ3n) is 8.57. The predicted octanol–water partition coefficient (Wildman–Crippen LogP) is 1.28. The number of carboxylic acid groups (broad SMARTS) is 1. The summed E-state index contributed by atoms with van der Waals surface area (Å²) in [6.07, 6.45) is 3.86. The Hall–Kier alpha value is -4.68. The lowest BCUT2D eigenvalue weighted by atomic mass is 10.0. The number of halogens is 2. The van der Waals surface area contributed by atoms with Gasteiger partial charge in [0.15, 0.2) is 29.4 Å². The number of aliphatic imine (C=N–C) groups is 1. The average molecular weight is 730 g/mol. The van der Waals surface area contributed by atoms with Crippen molar-refractivity contribution in [1.29, 1.82) is 0 Å². The number of hydrogen-bond acceptors (Lipinski definition) is 11. The highest BCUT2D eigenvalue weighted by atomic mass is 35.5. The van der Waals surface area contributed by atoms with Gasteiger partial charge in [0.2, 0.25) is 0 Å². The summed E-state index contributed by atoms with van der Waals surface area (Å²) in [4.78, 5) is 55.5. The fraction of sp³-hybridized carbons (Fsp3) is 0.367. The molecule has 7 rings (SSSR count). The highest BCUT2D eigenvalue weighted by molar-refractivity contribution is 8.00. The summed E-state index contributed by atoms with van der Waals surface area (Å²) in [5.74, 6) is -1.45. The number of nitrogens with two attached hydrogens (primary N) is 2. The van der Waals surface area contributed by atoms with Gasteiger partial charge in [0, 0.05) is 35.5 Å². The Morgan fingerprint density at radius 3 is 2.76 bits per heavy atom. The second-order valence-electron chi connectivity index (χ2n) is 11.8. The maximum atomic E-state index is 15.1. The first-order valence-corrected chi connectivity index (χ1v) is 17.5. The van der Waals surface area contributed by atoms with Gasteiger partial charge in [-0.3, -0.25) is 19.5 Å². The molecule has 15 nitrogen and oxygen atoms in total. The van der Waals surface area contributed by atoms with Gasteiger partial charge in [-0.05, 0) is 18.9 Å². The van der Waals surface area contributed by atoms with Gasteiger partial charge in [0.1, 0.15) is 45.9 Å². The number of thiazole rings is 1. The Labute approximate surface area is 292 Å². The van der Waals surface area contributed by atoms with Crippen molar-refractivity contribution >= 4 is 75.0 Å². The van der Waals surface area contributed by atoms with E-state index in [2.05, 4.69) is 25.3 Å². The van der Waals surface area contributed by atoms with Crippen LogP contribution in [0.5, 0.6) is 0 Å². The number of nitrogens with one attached hydrogen (secondary N) is 1. The van der Waals surface area contributed by atoms with Gasteiger partial charge in [-0.15, -0.1) is 21.1 Å². The molecule has 3 aliphatic heterocycles. The van der Waals surface area contributed by atoms with E-state index in [0.29, 0.717) is 47.9 Å². The molecule has 2 aromatic heterocycles. The number of amidine groups is 1. The minimum atomic E-state index is -1.25. The average Bonchev–Trinajstić information content (AvgIpc) is 3.50. The lowest BCUT2D eigenvalue weighted by Gasteiger charge is -2.49. The Morgan fingerprint density at radius 2 is 2.08 bits per heavy atom. The van der Waals surface area contributed by atoms with Crippen molar-refractivity contribution in [2.24, 2.45) is 15.9 Å². The molecule has 0 spiro atoms. The zero-order valence-corrected chi connectivity index (χ0v) is 28.4. The topological polar surface area (TPSA) is 198 Å². The van der Waals surface area contributed by atoms with E-state index in [0.717, 1.165) is 30.0 Å². The van der Waals surface area contributed by atoms with Crippen molar-refractivity contribution in [2.45, 2.75) is 49.9 Å². The molecule has 1 saturated carbocycles. The summed E-state index contributed by atoms with van der Waals surface area (Å²) in [5, 5.41) is 16.0. The summed E-state index contributed by atoms with van der Waals surface area (Å²) in [6, 6.07) is 6.07. The summed E-state index contributed by atoms with van der Waals surface area (Å²) < 4.78 is 19.1. The number of benzene rings is 1. The van der Waals surface area contributed by atoms with Crippen molar-refractivity contribution < 1.29 is 33.4 Å². The molecule has 49 heavy (non-hydrogen) atoms. The summed E-state index contributed by atoms with van der Waals surface area (Å²) in [7, 11) is 1.24. The molecule has 0 radical (unpaired) electrons. The molecule has 0 bridgehead atoms. The first kappa shape index (κ1) is 32.8. The van der Waals surface area contributed by atoms with Crippen molar-refractivity contribution in [3.63, 3.8) is 0 Å². The zero-order valence-electron chi connectivity index (χ0n) is 26.0. The van der Waals surface area contributed by atoms with Crippen LogP contribution in [0.25, 0.3) is 0 Å². The Bertz CT molecular complexity index is 1970. The van der Waals surface area contributed by atoms with Gasteiger partial charge in [-0.25, -0.2) is 14.2 Å². The molecule has 1 aromatic carbocycles. The monoisotopic (exact) mass is 729 g/mol. The molecule has 19 heteroatoms. The molecule has 1 aliphatic carbocycles. The molecule has 2 fully saturated rings. The SMILES string of the molecule is CO/N=C(\C(=O)N[C@@H]1C(=O)N2C(C(=O)O)=C(C[n+]3ccc4n3CCN4Cc3ccc(C(N)=NC4CC4)cc3F)CS[C@H]12)c1nc(N)sc1Cl. The number of hydrogen-bond donors (Lipinski definition) is 4. The number of fused-ring (bicyclic) bond motifs is 2. The summed E-state index contributed by atoms with van der Waals surface area (Å²) in [6.45, 7) is 1.78. The van der Waals surface area contributed by atoms with Gasteiger partial charge >= 0.3 is 5.97 Å². The zero-order chi connectivity index (χ0) is 34.6. The standard InChI is InChI=1S/C30H30ClFN10O5S2/c1-47-38-21(20-24(31)49-30(34)37-20)26(43)36-22-27(44)42-23(29(45)46)16(13-48-28(22)42)12-40-7-6-19-39(8-9-41(19)40)11-15-3-2-14(10-18(15)32)25(33)35-17-4-5-17/h2-3,6-7,10,17,22,28H,4-5,8-9,11-13H2,1H3,(H5-,33,34,35,36,37,43,45,46)/p+1/b38-21-/t22-,28-/m1/s1. The quantitative estimate of drug-likeness (QED) is 0.0734. The Kier molecular flexibility index (Phi) is 8.70. The van der Waals surface area contributed by atoms with Crippen molar-refractivity contribution in [2.75, 3.05) is 30.0 Å². The van der Waals surface area contributed by atoms with Crippen LogP contribution in [-0.2, 0) is 38.9 Å². The van der Waals surface area contributed by atoms with E-state index in [1.807, 2.05) is 21.6 Å². The van der Waals surface area contributed by atoms with E-state index in [9.17, 15) is 19.5 Å². The number of carbonyl (C=O) groups is 3. The number of thioether (sulfide) groups is 1. The van der Waals surface area contributed by atoms with Crippen molar-refractivity contribution in [3.05, 3.63) is 68.7 Å². The minimum Gasteiger partial charge on any atom is -0.477 e. The highest BCUT2D eigenvalue weighted by Gasteiger charge is 2.55. The van der Waals surface area contributed by atoms with E-state index in [4.69, 9.17) is 27.9 Å². The van der Waals surface area contributed by atoms with Crippen LogP contribution in [0.3, 0.4) is 0 Å². The number of β-lactam (4-membered cyclic amide) rings is 1. The lowest BCUT2D eigenvalue weighted by molar-refractivity contribution is -0.766. The molecule has 0 unspecified atom stereocenters. The lowest BCUT2D eigenvalue weighted by Crippen LogP contribution is -2.71. The Balaban J connectivity index is 1.05. The number of nitrogen functional groups attached to an aromatic ring is 1. The van der Waals surface area contributed by atoms with Crippen LogP contribution in [-0.4, -0.2) is 85.9 Å². The molecule has 256 valence electrons. The normalized spacial score (nSPS) is 20.7. The molecular formula is C30H31ClFN10O5S2+. The van der Waals surface area contributed by atoms with Crippen molar-refractivity contribution in [3.8, 4) is 0 Å². The van der Waals surface area contributed by atoms with Gasteiger partial charge in [-0.1, -0.05) is 40.2 Å². The first-order chi connectivity index (χ1) is 23.5. The molecule has 2 amide bonds. The number of aromatic nitrogens is 3. The number of rotatable bonds is 11. The number of carbonyl (C=O) groups excluding carboxylic acids is 2. The summed E-state index contributed by atoms with van der Waals surface area (Å²) >= 11 is 8.46. The molecular weight excluding hydrogens is 699 g/mol. The predicted molar refractivity (Wildman–Crippen MR) is 181 cm³/mol. The van der Waals surface area contributed by atoms with Crippen LogP contribution in [0, 0.1) is 5.82 Å². The number of aliphatic carboxylic acids is 1. The molecule has 4 aliphatic rings. The molecule has 1 saturated heterocycles. The van der Waals surface area contributed by atoms with Gasteiger partial charge in [-0.2, -0.15) is 0 Å². The van der Waals surface area contributed by atoms with Crippen LogP contribution in [0.2, 0.25) is 4.34 Å². The van der Waals surface area contributed by atoms with Crippen LogP contribution in [0.15, 0.2) is 51.9 Å². The third-order valence-corrected chi connectivity index (χ3v) is 11.0.